The molecule has 0 heterocycles. The van der Waals surface area contributed by atoms with Crippen LogP contribution in [-0.2, 0) is 9.22 Å². The summed E-state index contributed by atoms with van der Waals surface area (Å²) >= 11 is 1.55. The zero-order valence-corrected chi connectivity index (χ0v) is 30.6. The van der Waals surface area contributed by atoms with Gasteiger partial charge in [-0.15, -0.1) is 0 Å². The number of unbranched alkanes of at least 4 members (excludes halogenated alkanes) is 21. The van der Waals surface area contributed by atoms with Crippen molar-refractivity contribution in [1.29, 1.82) is 0 Å². The van der Waals surface area contributed by atoms with Crippen molar-refractivity contribution >= 4 is 25.2 Å². The third kappa shape index (κ3) is 31.4. The van der Waals surface area contributed by atoms with Gasteiger partial charge >= 0.3 is 0 Å². The molecule has 41 heavy (non-hydrogen) atoms. The van der Waals surface area contributed by atoms with Gasteiger partial charge in [0.1, 0.15) is 0 Å². The first-order valence-corrected chi connectivity index (χ1v) is 22.5. The SMILES string of the molecule is CCCCCCCCCCCCCCCCCCCCC(CO[Si](C)(C)CCCSC(=O)CCCCCCC)NC. The Bertz CT molecular complexity index is 546. The van der Waals surface area contributed by atoms with Crippen LogP contribution in [0.25, 0.3) is 0 Å². The molecule has 5 heteroatoms. The molecule has 0 radical (unpaired) electrons. The maximum atomic E-state index is 12.1. The summed E-state index contributed by atoms with van der Waals surface area (Å²) in [6.45, 7) is 10.1. The highest BCUT2D eigenvalue weighted by atomic mass is 32.2. The van der Waals surface area contributed by atoms with Gasteiger partial charge in [0.05, 0.1) is 0 Å². The van der Waals surface area contributed by atoms with Crippen molar-refractivity contribution in [1.82, 2.24) is 5.32 Å². The lowest BCUT2D eigenvalue weighted by Gasteiger charge is -2.26. The van der Waals surface area contributed by atoms with Crippen molar-refractivity contribution in [2.75, 3.05) is 19.4 Å². The topological polar surface area (TPSA) is 38.3 Å². The molecule has 0 aliphatic rings. The molecule has 0 saturated carbocycles. The van der Waals surface area contributed by atoms with Gasteiger partial charge in [0.2, 0.25) is 0 Å². The van der Waals surface area contributed by atoms with Crippen molar-refractivity contribution in [3.63, 3.8) is 0 Å². The van der Waals surface area contributed by atoms with Crippen LogP contribution >= 0.6 is 11.8 Å². The number of rotatable bonds is 33. The first-order valence-electron chi connectivity index (χ1n) is 18.4. The van der Waals surface area contributed by atoms with E-state index in [-0.39, 0.29) is 0 Å². The standard InChI is InChI=1S/C36H75NO2SSi/c1-6-8-10-12-13-14-15-16-17-18-19-20-21-22-23-24-26-27-30-35(37-3)34-39-41(4,5)33-29-32-40-36(38)31-28-25-11-9-7-2/h35,37H,6-34H2,1-5H3. The zero-order chi connectivity index (χ0) is 30.3. The van der Waals surface area contributed by atoms with E-state index in [9.17, 15) is 4.79 Å². The van der Waals surface area contributed by atoms with Crippen molar-refractivity contribution in [2.24, 2.45) is 0 Å². The molecule has 0 spiro atoms. The smallest absolute Gasteiger partial charge is 0.188 e. The number of likely N-dealkylation sites (N-methyl/N-ethyl adjacent to an activating group) is 1. The summed E-state index contributed by atoms with van der Waals surface area (Å²) in [4.78, 5) is 12.1. The molecule has 1 atom stereocenters. The Hall–Kier alpha value is 0.157. The minimum absolute atomic E-state index is 0.390. The second-order valence-corrected chi connectivity index (χ2v) is 18.8. The van der Waals surface area contributed by atoms with E-state index >= 15 is 0 Å². The molecular formula is C36H75NO2SSi. The quantitative estimate of drug-likeness (QED) is 0.0590. The third-order valence-corrected chi connectivity index (χ3v) is 12.2. The Balaban J connectivity index is 3.56. The maximum absolute atomic E-state index is 12.1. The molecule has 0 aliphatic carbocycles. The molecule has 1 unspecified atom stereocenters. The number of thioether (sulfide) groups is 1. The van der Waals surface area contributed by atoms with Crippen LogP contribution in [0.1, 0.15) is 181 Å². The Kier molecular flexibility index (Phi) is 31.7. The van der Waals surface area contributed by atoms with Gasteiger partial charge < -0.3 is 9.74 Å². The first-order chi connectivity index (χ1) is 19.9. The molecule has 0 rings (SSSR count). The van der Waals surface area contributed by atoms with Gasteiger partial charge in [0, 0.05) is 24.8 Å². The lowest BCUT2D eigenvalue weighted by molar-refractivity contribution is -0.111. The first kappa shape index (κ1) is 41.2. The van der Waals surface area contributed by atoms with Gasteiger partial charge in [0.25, 0.3) is 0 Å². The van der Waals surface area contributed by atoms with Crippen LogP contribution in [0.15, 0.2) is 0 Å². The van der Waals surface area contributed by atoms with Crippen molar-refractivity contribution in [3.05, 3.63) is 0 Å². The number of hydrogen-bond donors (Lipinski definition) is 1. The second-order valence-electron chi connectivity index (χ2n) is 13.3. The van der Waals surface area contributed by atoms with Gasteiger partial charge in [-0.3, -0.25) is 4.79 Å². The third-order valence-electron chi connectivity index (χ3n) is 8.66. The second kappa shape index (κ2) is 31.6. The summed E-state index contributed by atoms with van der Waals surface area (Å²) in [6.07, 6.45) is 34.9. The molecule has 0 aromatic rings. The molecule has 1 N–H and O–H groups in total. The molecule has 0 bridgehead atoms. The largest absolute Gasteiger partial charge is 0.416 e. The normalized spacial score (nSPS) is 12.7. The molecule has 0 fully saturated rings. The molecular weight excluding hydrogens is 539 g/mol. The summed E-state index contributed by atoms with van der Waals surface area (Å²) < 4.78 is 6.46. The van der Waals surface area contributed by atoms with E-state index in [0.29, 0.717) is 11.2 Å². The maximum Gasteiger partial charge on any atom is 0.188 e. The van der Waals surface area contributed by atoms with E-state index in [1.165, 1.54) is 148 Å². The van der Waals surface area contributed by atoms with E-state index in [1.54, 1.807) is 11.8 Å². The van der Waals surface area contributed by atoms with Gasteiger partial charge in [-0.05, 0) is 45.4 Å². The van der Waals surface area contributed by atoms with Gasteiger partial charge in [-0.1, -0.05) is 167 Å². The lowest BCUT2D eigenvalue weighted by atomic mass is 10.0. The Morgan fingerprint density at radius 2 is 1.05 bits per heavy atom. The average Bonchev–Trinajstić information content (AvgIpc) is 2.96. The van der Waals surface area contributed by atoms with Crippen molar-refractivity contribution < 1.29 is 9.22 Å². The minimum Gasteiger partial charge on any atom is -0.416 e. The van der Waals surface area contributed by atoms with E-state index in [4.69, 9.17) is 4.43 Å². The van der Waals surface area contributed by atoms with Crippen molar-refractivity contribution in [3.8, 4) is 0 Å². The minimum atomic E-state index is -1.65. The fourth-order valence-electron chi connectivity index (χ4n) is 5.63. The van der Waals surface area contributed by atoms with E-state index in [2.05, 4.69) is 39.3 Å². The van der Waals surface area contributed by atoms with Crippen LogP contribution < -0.4 is 5.32 Å². The summed E-state index contributed by atoms with van der Waals surface area (Å²) in [5.74, 6) is 0.961. The van der Waals surface area contributed by atoms with Crippen LogP contribution in [0.5, 0.6) is 0 Å². The highest BCUT2D eigenvalue weighted by molar-refractivity contribution is 8.13. The molecule has 246 valence electrons. The number of carbonyl (C=O) groups excluding carboxylic acids is 1. The zero-order valence-electron chi connectivity index (χ0n) is 28.8. The average molecular weight is 614 g/mol. The highest BCUT2D eigenvalue weighted by Crippen LogP contribution is 2.20. The molecule has 0 aromatic carbocycles. The Morgan fingerprint density at radius 3 is 1.49 bits per heavy atom. The van der Waals surface area contributed by atoms with E-state index in [1.807, 2.05) is 0 Å². The molecule has 0 aromatic heterocycles. The van der Waals surface area contributed by atoms with Crippen LogP contribution in [0, 0.1) is 0 Å². The highest BCUT2D eigenvalue weighted by Gasteiger charge is 2.23. The number of hydrogen-bond acceptors (Lipinski definition) is 4. The van der Waals surface area contributed by atoms with Crippen LogP contribution in [0.3, 0.4) is 0 Å². The molecule has 0 saturated heterocycles. The number of carbonyl (C=O) groups is 1. The van der Waals surface area contributed by atoms with E-state index in [0.717, 1.165) is 37.7 Å². The van der Waals surface area contributed by atoms with Crippen LogP contribution in [-0.4, -0.2) is 38.9 Å². The van der Waals surface area contributed by atoms with Crippen LogP contribution in [0.2, 0.25) is 19.1 Å². The summed E-state index contributed by atoms with van der Waals surface area (Å²) in [5.41, 5.74) is 0. The monoisotopic (exact) mass is 614 g/mol. The summed E-state index contributed by atoms with van der Waals surface area (Å²) in [6, 6.07) is 1.63. The van der Waals surface area contributed by atoms with E-state index < -0.39 is 8.32 Å². The molecule has 3 nitrogen and oxygen atoms in total. The van der Waals surface area contributed by atoms with Crippen LogP contribution in [0.4, 0.5) is 0 Å². The summed E-state index contributed by atoms with van der Waals surface area (Å²) in [5, 5.41) is 3.88. The van der Waals surface area contributed by atoms with Gasteiger partial charge in [0.15, 0.2) is 13.4 Å². The molecule has 0 aliphatic heterocycles. The Morgan fingerprint density at radius 1 is 0.634 bits per heavy atom. The number of nitrogens with one attached hydrogen (secondary N) is 1. The fraction of sp³-hybridized carbons (Fsp3) is 0.972. The Labute approximate surface area is 264 Å². The van der Waals surface area contributed by atoms with Crippen molar-refractivity contribution in [2.45, 2.75) is 206 Å². The van der Waals surface area contributed by atoms with Gasteiger partial charge in [-0.25, -0.2) is 0 Å². The fourth-order valence-corrected chi connectivity index (χ4v) is 8.52. The lowest BCUT2D eigenvalue weighted by Crippen LogP contribution is -2.38. The van der Waals surface area contributed by atoms with Gasteiger partial charge in [-0.2, -0.15) is 0 Å². The predicted molar refractivity (Wildman–Crippen MR) is 190 cm³/mol. The summed E-state index contributed by atoms with van der Waals surface area (Å²) in [7, 11) is 0.432. The molecule has 0 amide bonds. The predicted octanol–water partition coefficient (Wildman–Crippen LogP) is 12.2.